The van der Waals surface area contributed by atoms with Gasteiger partial charge in [0.2, 0.25) is 0 Å². The van der Waals surface area contributed by atoms with Crippen LogP contribution in [0.2, 0.25) is 0 Å². The number of aliphatic hydroxyl groups excluding tert-OH is 1. The number of nitrogens with one attached hydrogen (secondary N) is 1. The monoisotopic (exact) mass is 345 g/mol. The second-order valence-corrected chi connectivity index (χ2v) is 6.35. The lowest BCUT2D eigenvalue weighted by atomic mass is 10.1. The zero-order valence-corrected chi connectivity index (χ0v) is 14.6. The number of benzene rings is 2. The van der Waals surface area contributed by atoms with Gasteiger partial charge in [0.15, 0.2) is 0 Å². The number of anilines is 2. The van der Waals surface area contributed by atoms with Gasteiger partial charge >= 0.3 is 0 Å². The first-order valence-electron chi connectivity index (χ1n) is 8.35. The predicted molar refractivity (Wildman–Crippen MR) is 102 cm³/mol. The zero-order valence-electron chi connectivity index (χ0n) is 14.6. The van der Waals surface area contributed by atoms with Crippen LogP contribution in [0.1, 0.15) is 11.1 Å². The molecule has 4 aromatic rings. The van der Waals surface area contributed by atoms with E-state index in [1.165, 1.54) is 0 Å². The molecule has 0 fully saturated rings. The summed E-state index contributed by atoms with van der Waals surface area (Å²) in [4.78, 5) is 9.21. The maximum Gasteiger partial charge on any atom is 0.0924 e. The van der Waals surface area contributed by atoms with E-state index < -0.39 is 0 Å². The minimum atomic E-state index is 0.0219. The van der Waals surface area contributed by atoms with E-state index in [0.29, 0.717) is 0 Å². The standard InChI is InChI=1S/C20H19N5O/c1-13-5-14(12-26)7-17(6-13)23-16-3-4-18-19(8-16)24-20(10-21-18)15-9-22-25(2)11-15/h3-11,23,26H,12H2,1-2H3. The van der Waals surface area contributed by atoms with Crippen molar-refractivity contribution in [3.05, 3.63) is 66.1 Å². The van der Waals surface area contributed by atoms with Crippen molar-refractivity contribution in [3.63, 3.8) is 0 Å². The maximum atomic E-state index is 9.38. The molecule has 2 N–H and O–H groups in total. The van der Waals surface area contributed by atoms with E-state index in [-0.39, 0.29) is 6.61 Å². The van der Waals surface area contributed by atoms with Gasteiger partial charge < -0.3 is 10.4 Å². The Labute approximate surface area is 151 Å². The molecule has 4 rings (SSSR count). The second-order valence-electron chi connectivity index (χ2n) is 6.35. The molecule has 2 aromatic carbocycles. The van der Waals surface area contributed by atoms with Gasteiger partial charge in [0.25, 0.3) is 0 Å². The molecule has 6 nitrogen and oxygen atoms in total. The van der Waals surface area contributed by atoms with E-state index >= 15 is 0 Å². The molecule has 0 radical (unpaired) electrons. The predicted octanol–water partition coefficient (Wildman–Crippen LogP) is 3.57. The fraction of sp³-hybridized carbons (Fsp3) is 0.150. The third-order valence-electron chi connectivity index (χ3n) is 4.15. The Hall–Kier alpha value is -3.25. The maximum absolute atomic E-state index is 9.38. The average Bonchev–Trinajstić information content (AvgIpc) is 3.07. The third-order valence-corrected chi connectivity index (χ3v) is 4.15. The summed E-state index contributed by atoms with van der Waals surface area (Å²) in [6, 6.07) is 11.8. The van der Waals surface area contributed by atoms with E-state index in [1.54, 1.807) is 17.1 Å². The molecule has 6 heteroatoms. The van der Waals surface area contributed by atoms with Gasteiger partial charge in [-0.3, -0.25) is 9.67 Å². The Bertz CT molecular complexity index is 1090. The van der Waals surface area contributed by atoms with Crippen LogP contribution in [0.3, 0.4) is 0 Å². The first-order valence-corrected chi connectivity index (χ1v) is 8.35. The van der Waals surface area contributed by atoms with Crippen LogP contribution < -0.4 is 5.32 Å². The zero-order chi connectivity index (χ0) is 18.1. The van der Waals surface area contributed by atoms with Crippen LogP contribution in [0, 0.1) is 6.92 Å². The molecule has 0 saturated heterocycles. The van der Waals surface area contributed by atoms with Crippen molar-refractivity contribution >= 4 is 22.4 Å². The van der Waals surface area contributed by atoms with Crippen LogP contribution in [-0.2, 0) is 13.7 Å². The number of hydrogen-bond donors (Lipinski definition) is 2. The molecule has 0 bridgehead atoms. The van der Waals surface area contributed by atoms with Crippen LogP contribution in [-0.4, -0.2) is 24.9 Å². The summed E-state index contributed by atoms with van der Waals surface area (Å²) in [6.07, 6.45) is 5.46. The summed E-state index contributed by atoms with van der Waals surface area (Å²) in [5, 5.41) is 16.9. The molecule has 0 unspecified atom stereocenters. The van der Waals surface area contributed by atoms with Crippen molar-refractivity contribution in [3.8, 4) is 11.3 Å². The first kappa shape index (κ1) is 16.2. The van der Waals surface area contributed by atoms with Gasteiger partial charge in [0.05, 0.1) is 35.7 Å². The van der Waals surface area contributed by atoms with Gasteiger partial charge in [-0.2, -0.15) is 5.10 Å². The van der Waals surface area contributed by atoms with Gasteiger partial charge in [-0.15, -0.1) is 0 Å². The highest BCUT2D eigenvalue weighted by Crippen LogP contribution is 2.24. The summed E-state index contributed by atoms with van der Waals surface area (Å²) in [7, 11) is 1.88. The Morgan fingerprint density at radius 1 is 1.04 bits per heavy atom. The van der Waals surface area contributed by atoms with Crippen LogP contribution in [0.25, 0.3) is 22.3 Å². The molecule has 2 aromatic heterocycles. The minimum absolute atomic E-state index is 0.0219. The quantitative estimate of drug-likeness (QED) is 0.591. The normalized spacial score (nSPS) is 11.0. The van der Waals surface area contributed by atoms with E-state index in [2.05, 4.69) is 15.4 Å². The van der Waals surface area contributed by atoms with E-state index in [4.69, 9.17) is 4.98 Å². The van der Waals surface area contributed by atoms with Crippen molar-refractivity contribution in [2.75, 3.05) is 5.32 Å². The summed E-state index contributed by atoms with van der Waals surface area (Å²) < 4.78 is 1.75. The molecular formula is C20H19N5O. The molecule has 0 amide bonds. The van der Waals surface area contributed by atoms with E-state index in [9.17, 15) is 5.11 Å². The molecule has 2 heterocycles. The van der Waals surface area contributed by atoms with Crippen LogP contribution in [0.15, 0.2) is 55.0 Å². The first-order chi connectivity index (χ1) is 12.6. The van der Waals surface area contributed by atoms with Crippen molar-refractivity contribution in [1.82, 2.24) is 19.7 Å². The highest BCUT2D eigenvalue weighted by atomic mass is 16.3. The Kier molecular flexibility index (Phi) is 4.10. The van der Waals surface area contributed by atoms with Crippen molar-refractivity contribution in [2.45, 2.75) is 13.5 Å². The second kappa shape index (κ2) is 6.57. The molecule has 130 valence electrons. The number of rotatable bonds is 4. The fourth-order valence-corrected chi connectivity index (χ4v) is 2.97. The summed E-state index contributed by atoms with van der Waals surface area (Å²) in [5.74, 6) is 0. The van der Waals surface area contributed by atoms with Crippen molar-refractivity contribution in [1.29, 1.82) is 0 Å². The number of aryl methyl sites for hydroxylation is 2. The molecule has 0 saturated carbocycles. The smallest absolute Gasteiger partial charge is 0.0924 e. The van der Waals surface area contributed by atoms with Gasteiger partial charge in [-0.25, -0.2) is 4.98 Å². The van der Waals surface area contributed by atoms with Crippen molar-refractivity contribution in [2.24, 2.45) is 7.05 Å². The molecule has 0 aliphatic rings. The number of fused-ring (bicyclic) bond motifs is 1. The van der Waals surface area contributed by atoms with E-state index in [1.807, 2.05) is 56.6 Å². The molecule has 0 aliphatic carbocycles. The fourth-order valence-electron chi connectivity index (χ4n) is 2.97. The molecule has 0 atom stereocenters. The lowest BCUT2D eigenvalue weighted by Gasteiger charge is -2.10. The van der Waals surface area contributed by atoms with Gasteiger partial charge in [0.1, 0.15) is 0 Å². The molecular weight excluding hydrogens is 326 g/mol. The lowest BCUT2D eigenvalue weighted by molar-refractivity contribution is 0.282. The lowest BCUT2D eigenvalue weighted by Crippen LogP contribution is -1.95. The summed E-state index contributed by atoms with van der Waals surface area (Å²) in [5.41, 5.74) is 7.21. The summed E-state index contributed by atoms with van der Waals surface area (Å²) >= 11 is 0. The minimum Gasteiger partial charge on any atom is -0.392 e. The van der Waals surface area contributed by atoms with Gasteiger partial charge in [-0.1, -0.05) is 6.07 Å². The van der Waals surface area contributed by atoms with E-state index in [0.717, 1.165) is 44.8 Å². The third kappa shape index (κ3) is 3.27. The number of hydrogen-bond acceptors (Lipinski definition) is 5. The van der Waals surface area contributed by atoms with Crippen molar-refractivity contribution < 1.29 is 5.11 Å². The van der Waals surface area contributed by atoms with Gasteiger partial charge in [-0.05, 0) is 48.4 Å². The topological polar surface area (TPSA) is 75.9 Å². The number of nitrogens with zero attached hydrogens (tertiary/aromatic N) is 4. The van der Waals surface area contributed by atoms with Crippen LogP contribution in [0.4, 0.5) is 11.4 Å². The molecule has 0 aliphatic heterocycles. The largest absolute Gasteiger partial charge is 0.392 e. The van der Waals surface area contributed by atoms with Crippen LogP contribution >= 0.6 is 0 Å². The van der Waals surface area contributed by atoms with Gasteiger partial charge in [0, 0.05) is 30.2 Å². The molecule has 26 heavy (non-hydrogen) atoms. The average molecular weight is 345 g/mol. The number of aromatic nitrogens is 4. The van der Waals surface area contributed by atoms with Crippen LogP contribution in [0.5, 0.6) is 0 Å². The number of aliphatic hydroxyl groups is 1. The highest BCUT2D eigenvalue weighted by molar-refractivity contribution is 5.81. The Morgan fingerprint density at radius 3 is 2.69 bits per heavy atom. The Balaban J connectivity index is 1.69. The molecule has 0 spiro atoms. The highest BCUT2D eigenvalue weighted by Gasteiger charge is 2.06. The SMILES string of the molecule is Cc1cc(CO)cc(Nc2ccc3ncc(-c4cnn(C)c4)nc3c2)c1. The summed E-state index contributed by atoms with van der Waals surface area (Å²) in [6.45, 7) is 2.03. The Morgan fingerprint density at radius 2 is 1.92 bits per heavy atom.